The molecule has 4 nitrogen and oxygen atoms in total. The van der Waals surface area contributed by atoms with Crippen LogP contribution in [0.5, 0.6) is 0 Å². The lowest BCUT2D eigenvalue weighted by Gasteiger charge is -2.17. The first-order valence-electron chi connectivity index (χ1n) is 6.30. The first-order valence-corrected chi connectivity index (χ1v) is 6.30. The first kappa shape index (κ1) is 11.8. The predicted molar refractivity (Wildman–Crippen MR) is 71.6 cm³/mol. The van der Waals surface area contributed by atoms with E-state index in [-0.39, 0.29) is 5.76 Å². The van der Waals surface area contributed by atoms with Gasteiger partial charge in [0.05, 0.1) is 6.54 Å². The topological polar surface area (TPSA) is 53.7 Å². The summed E-state index contributed by atoms with van der Waals surface area (Å²) in [5.74, 6) is -0.264. The fourth-order valence-electron chi connectivity index (χ4n) is 2.60. The highest BCUT2D eigenvalue weighted by Crippen LogP contribution is 2.29. The fraction of sp³-hybridized carbons (Fsp3) is 0.267. The average Bonchev–Trinajstić information content (AvgIpc) is 2.95. The van der Waals surface area contributed by atoms with Gasteiger partial charge in [-0.05, 0) is 31.0 Å². The van der Waals surface area contributed by atoms with Gasteiger partial charge in [0.15, 0.2) is 0 Å². The number of rotatable bonds is 3. The van der Waals surface area contributed by atoms with Gasteiger partial charge in [-0.2, -0.15) is 0 Å². The van der Waals surface area contributed by atoms with Crippen molar-refractivity contribution in [1.82, 2.24) is 0 Å². The van der Waals surface area contributed by atoms with Crippen molar-refractivity contribution in [3.05, 3.63) is 53.0 Å². The molecule has 0 atom stereocenters. The number of nitrogens with zero attached hydrogens (tertiary/aromatic N) is 1. The van der Waals surface area contributed by atoms with E-state index in [1.165, 1.54) is 11.3 Å². The lowest BCUT2D eigenvalue weighted by molar-refractivity contribution is 0.0659. The Kier molecular flexibility index (Phi) is 2.78. The van der Waals surface area contributed by atoms with Crippen molar-refractivity contribution < 1.29 is 14.3 Å². The van der Waals surface area contributed by atoms with Crippen LogP contribution in [-0.2, 0) is 13.0 Å². The minimum absolute atomic E-state index is 0.0440. The van der Waals surface area contributed by atoms with Gasteiger partial charge in [-0.3, -0.25) is 0 Å². The molecular formula is C15H15NO3. The monoisotopic (exact) mass is 257 g/mol. The molecule has 2 aromatic rings. The molecule has 0 saturated carbocycles. The smallest absolute Gasteiger partial charge is 0.372 e. The van der Waals surface area contributed by atoms with E-state index in [4.69, 9.17) is 9.52 Å². The molecule has 0 unspecified atom stereocenters. The summed E-state index contributed by atoms with van der Waals surface area (Å²) in [6.07, 6.45) is 1.03. The van der Waals surface area contributed by atoms with Gasteiger partial charge in [-0.1, -0.05) is 18.2 Å². The lowest BCUT2D eigenvalue weighted by Crippen LogP contribution is -2.19. The number of fused-ring (bicyclic) bond motifs is 1. The van der Waals surface area contributed by atoms with E-state index in [2.05, 4.69) is 17.0 Å². The van der Waals surface area contributed by atoms with Gasteiger partial charge < -0.3 is 14.4 Å². The van der Waals surface area contributed by atoms with Crippen LogP contribution in [0.2, 0.25) is 0 Å². The number of carbonyl (C=O) groups is 1. The SMILES string of the molecule is Cc1cc(CN2CCc3ccccc32)oc1C(=O)O. The quantitative estimate of drug-likeness (QED) is 0.918. The first-order chi connectivity index (χ1) is 9.15. The van der Waals surface area contributed by atoms with Crippen LogP contribution in [0, 0.1) is 6.92 Å². The maximum absolute atomic E-state index is 11.0. The fourth-order valence-corrected chi connectivity index (χ4v) is 2.60. The third-order valence-electron chi connectivity index (χ3n) is 3.49. The normalized spacial score (nSPS) is 13.6. The minimum Gasteiger partial charge on any atom is -0.475 e. The lowest BCUT2D eigenvalue weighted by atomic mass is 10.2. The molecule has 0 bridgehead atoms. The van der Waals surface area contributed by atoms with E-state index in [0.717, 1.165) is 13.0 Å². The van der Waals surface area contributed by atoms with Crippen molar-refractivity contribution in [2.45, 2.75) is 19.9 Å². The zero-order chi connectivity index (χ0) is 13.4. The van der Waals surface area contributed by atoms with Gasteiger partial charge in [0, 0.05) is 17.8 Å². The van der Waals surface area contributed by atoms with Crippen molar-refractivity contribution in [3.63, 3.8) is 0 Å². The molecule has 0 saturated heterocycles. The number of benzene rings is 1. The summed E-state index contributed by atoms with van der Waals surface area (Å²) in [6, 6.07) is 10.1. The van der Waals surface area contributed by atoms with Crippen LogP contribution in [0.4, 0.5) is 5.69 Å². The summed E-state index contributed by atoms with van der Waals surface area (Å²) >= 11 is 0. The number of carboxylic acids is 1. The highest BCUT2D eigenvalue weighted by molar-refractivity contribution is 5.86. The number of hydrogen-bond acceptors (Lipinski definition) is 3. The average molecular weight is 257 g/mol. The summed E-state index contributed by atoms with van der Waals surface area (Å²) in [5.41, 5.74) is 3.23. The molecule has 4 heteroatoms. The van der Waals surface area contributed by atoms with Crippen LogP contribution in [0.1, 0.15) is 27.4 Å². The third kappa shape index (κ3) is 2.10. The van der Waals surface area contributed by atoms with Crippen molar-refractivity contribution in [2.24, 2.45) is 0 Å². The Hall–Kier alpha value is -2.23. The van der Waals surface area contributed by atoms with Crippen LogP contribution in [-0.4, -0.2) is 17.6 Å². The molecule has 3 rings (SSSR count). The van der Waals surface area contributed by atoms with Crippen molar-refractivity contribution in [3.8, 4) is 0 Å². The van der Waals surface area contributed by atoms with E-state index in [9.17, 15) is 4.79 Å². The molecular weight excluding hydrogens is 242 g/mol. The van der Waals surface area contributed by atoms with E-state index < -0.39 is 5.97 Å². The molecule has 1 aliphatic rings. The van der Waals surface area contributed by atoms with Crippen molar-refractivity contribution >= 4 is 11.7 Å². The summed E-state index contributed by atoms with van der Waals surface area (Å²) in [5, 5.41) is 8.99. The Morgan fingerprint density at radius 3 is 2.95 bits per heavy atom. The predicted octanol–water partition coefficient (Wildman–Crippen LogP) is 2.85. The number of para-hydroxylation sites is 1. The van der Waals surface area contributed by atoms with Crippen LogP contribution in [0.25, 0.3) is 0 Å². The maximum atomic E-state index is 11.0. The van der Waals surface area contributed by atoms with E-state index >= 15 is 0 Å². The second-order valence-electron chi connectivity index (χ2n) is 4.83. The third-order valence-corrected chi connectivity index (χ3v) is 3.49. The molecule has 0 radical (unpaired) electrons. The standard InChI is InChI=1S/C15H15NO3/c1-10-8-12(19-14(10)15(17)18)9-16-7-6-11-4-2-3-5-13(11)16/h2-5,8H,6-7,9H2,1H3,(H,17,18). The van der Waals surface area contributed by atoms with Gasteiger partial charge >= 0.3 is 5.97 Å². The second kappa shape index (κ2) is 4.46. The Morgan fingerprint density at radius 1 is 1.42 bits per heavy atom. The minimum atomic E-state index is -1.01. The van der Waals surface area contributed by atoms with Crippen LogP contribution in [0.3, 0.4) is 0 Å². The van der Waals surface area contributed by atoms with E-state index in [0.29, 0.717) is 17.9 Å². The van der Waals surface area contributed by atoms with Gasteiger partial charge in [0.25, 0.3) is 0 Å². The number of furan rings is 1. The highest BCUT2D eigenvalue weighted by atomic mass is 16.4. The van der Waals surface area contributed by atoms with Crippen LogP contribution >= 0.6 is 0 Å². The second-order valence-corrected chi connectivity index (χ2v) is 4.83. The Labute approximate surface area is 111 Å². The van der Waals surface area contributed by atoms with Crippen LogP contribution < -0.4 is 4.90 Å². The highest BCUT2D eigenvalue weighted by Gasteiger charge is 2.21. The maximum Gasteiger partial charge on any atom is 0.372 e. The van der Waals surface area contributed by atoms with Crippen LogP contribution in [0.15, 0.2) is 34.7 Å². The molecule has 2 heterocycles. The number of aromatic carboxylic acids is 1. The molecule has 1 aliphatic heterocycles. The number of aryl methyl sites for hydroxylation is 1. The number of carboxylic acid groups (broad SMARTS) is 1. The molecule has 0 spiro atoms. The van der Waals surface area contributed by atoms with Gasteiger partial charge in [0.2, 0.25) is 5.76 Å². The molecule has 0 amide bonds. The Bertz CT molecular complexity index is 630. The van der Waals surface area contributed by atoms with Gasteiger partial charge in [-0.15, -0.1) is 0 Å². The summed E-state index contributed by atoms with van der Waals surface area (Å²) in [7, 11) is 0. The molecule has 19 heavy (non-hydrogen) atoms. The number of anilines is 1. The Morgan fingerprint density at radius 2 is 2.21 bits per heavy atom. The number of hydrogen-bond donors (Lipinski definition) is 1. The van der Waals surface area contributed by atoms with Gasteiger partial charge in [-0.25, -0.2) is 4.79 Å². The molecule has 0 aliphatic carbocycles. The zero-order valence-electron chi connectivity index (χ0n) is 10.7. The molecule has 1 aromatic heterocycles. The summed E-state index contributed by atoms with van der Waals surface area (Å²) in [4.78, 5) is 13.2. The van der Waals surface area contributed by atoms with Crippen molar-refractivity contribution in [1.29, 1.82) is 0 Å². The largest absolute Gasteiger partial charge is 0.475 e. The molecule has 1 aromatic carbocycles. The molecule has 1 N–H and O–H groups in total. The van der Waals surface area contributed by atoms with Crippen molar-refractivity contribution in [2.75, 3.05) is 11.4 Å². The summed E-state index contributed by atoms with van der Waals surface area (Å²) < 4.78 is 5.41. The molecule has 0 fully saturated rings. The Balaban J connectivity index is 1.84. The molecule has 98 valence electrons. The van der Waals surface area contributed by atoms with Gasteiger partial charge in [0.1, 0.15) is 5.76 Å². The summed E-state index contributed by atoms with van der Waals surface area (Å²) in [6.45, 7) is 3.32. The van der Waals surface area contributed by atoms with E-state index in [1.807, 2.05) is 18.2 Å². The zero-order valence-corrected chi connectivity index (χ0v) is 10.7. The van der Waals surface area contributed by atoms with E-state index in [1.54, 1.807) is 6.92 Å².